The van der Waals surface area contributed by atoms with Gasteiger partial charge in [-0.15, -0.1) is 0 Å². The van der Waals surface area contributed by atoms with Crippen LogP contribution in [0.5, 0.6) is 11.5 Å². The van der Waals surface area contributed by atoms with Crippen molar-refractivity contribution in [3.05, 3.63) is 24.3 Å². The Morgan fingerprint density at radius 1 is 1.10 bits per heavy atom. The number of methoxy groups -OCH3 is 2. The van der Waals surface area contributed by atoms with Crippen LogP contribution in [0.25, 0.3) is 0 Å². The van der Waals surface area contributed by atoms with Crippen molar-refractivity contribution >= 4 is 5.96 Å². The molecular formula is C15H25N3O3. The van der Waals surface area contributed by atoms with Gasteiger partial charge in [-0.05, 0) is 18.6 Å². The Bertz CT molecular complexity index is 424. The van der Waals surface area contributed by atoms with Crippen molar-refractivity contribution in [1.29, 1.82) is 0 Å². The molecule has 118 valence electrons. The van der Waals surface area contributed by atoms with E-state index >= 15 is 0 Å². The van der Waals surface area contributed by atoms with Crippen LogP contribution in [-0.4, -0.2) is 53.5 Å². The highest BCUT2D eigenvalue weighted by atomic mass is 16.5. The van der Waals surface area contributed by atoms with Gasteiger partial charge in [0.05, 0.1) is 20.3 Å². The molecule has 0 aromatic heterocycles. The standard InChI is InChI=1S/C15H25N3O3/c1-16-15(18-9-11-19-2)17-8-5-10-21-14-7-4-6-13(12-14)20-3/h4,6-7,12H,5,8-11H2,1-3H3,(H2,16,17,18). The number of rotatable bonds is 9. The molecule has 0 spiro atoms. The smallest absolute Gasteiger partial charge is 0.191 e. The fourth-order valence-electron chi connectivity index (χ4n) is 1.65. The number of hydrogen-bond donors (Lipinski definition) is 2. The Morgan fingerprint density at radius 3 is 2.57 bits per heavy atom. The summed E-state index contributed by atoms with van der Waals surface area (Å²) < 4.78 is 15.8. The highest BCUT2D eigenvalue weighted by molar-refractivity contribution is 5.79. The summed E-state index contributed by atoms with van der Waals surface area (Å²) >= 11 is 0. The van der Waals surface area contributed by atoms with Gasteiger partial charge in [0.1, 0.15) is 11.5 Å². The highest BCUT2D eigenvalue weighted by Gasteiger charge is 1.98. The second kappa shape index (κ2) is 10.8. The van der Waals surface area contributed by atoms with Crippen molar-refractivity contribution < 1.29 is 14.2 Å². The van der Waals surface area contributed by atoms with Gasteiger partial charge in [0.2, 0.25) is 0 Å². The SMILES string of the molecule is CN=C(NCCCOc1cccc(OC)c1)NCCOC. The summed E-state index contributed by atoms with van der Waals surface area (Å²) in [6.45, 7) is 2.81. The first kappa shape index (κ1) is 17.1. The van der Waals surface area contributed by atoms with Crippen LogP contribution in [0.1, 0.15) is 6.42 Å². The summed E-state index contributed by atoms with van der Waals surface area (Å²) in [5.74, 6) is 2.39. The Hall–Kier alpha value is -1.95. The average Bonchev–Trinajstić information content (AvgIpc) is 2.53. The first-order valence-corrected chi connectivity index (χ1v) is 7.00. The predicted molar refractivity (Wildman–Crippen MR) is 84.3 cm³/mol. The summed E-state index contributed by atoms with van der Waals surface area (Å²) in [5.41, 5.74) is 0. The van der Waals surface area contributed by atoms with E-state index in [1.165, 1.54) is 0 Å². The molecule has 0 saturated heterocycles. The zero-order valence-electron chi connectivity index (χ0n) is 13.0. The van der Waals surface area contributed by atoms with Crippen LogP contribution in [0.4, 0.5) is 0 Å². The molecule has 0 atom stereocenters. The van der Waals surface area contributed by atoms with Gasteiger partial charge in [0.15, 0.2) is 5.96 Å². The van der Waals surface area contributed by atoms with Crippen LogP contribution < -0.4 is 20.1 Å². The molecule has 0 bridgehead atoms. The van der Waals surface area contributed by atoms with Gasteiger partial charge >= 0.3 is 0 Å². The third-order valence-corrected chi connectivity index (χ3v) is 2.75. The van der Waals surface area contributed by atoms with E-state index in [0.29, 0.717) is 13.2 Å². The summed E-state index contributed by atoms with van der Waals surface area (Å²) in [6, 6.07) is 7.60. The third-order valence-electron chi connectivity index (χ3n) is 2.75. The fourth-order valence-corrected chi connectivity index (χ4v) is 1.65. The molecule has 6 nitrogen and oxygen atoms in total. The number of hydrogen-bond acceptors (Lipinski definition) is 4. The molecule has 1 aromatic rings. The van der Waals surface area contributed by atoms with Crippen molar-refractivity contribution in [2.45, 2.75) is 6.42 Å². The molecule has 2 N–H and O–H groups in total. The lowest BCUT2D eigenvalue weighted by atomic mass is 10.3. The van der Waals surface area contributed by atoms with E-state index in [9.17, 15) is 0 Å². The minimum atomic E-state index is 0.634. The van der Waals surface area contributed by atoms with Gasteiger partial charge in [-0.25, -0.2) is 0 Å². The lowest BCUT2D eigenvalue weighted by Gasteiger charge is -2.12. The van der Waals surface area contributed by atoms with E-state index in [2.05, 4.69) is 15.6 Å². The molecule has 0 unspecified atom stereocenters. The Labute approximate surface area is 126 Å². The average molecular weight is 295 g/mol. The number of nitrogens with one attached hydrogen (secondary N) is 2. The van der Waals surface area contributed by atoms with Gasteiger partial charge in [0.25, 0.3) is 0 Å². The Morgan fingerprint density at radius 2 is 1.86 bits per heavy atom. The molecule has 1 aromatic carbocycles. The molecule has 0 fully saturated rings. The monoisotopic (exact) mass is 295 g/mol. The van der Waals surface area contributed by atoms with Crippen molar-refractivity contribution in [2.75, 3.05) is 47.6 Å². The van der Waals surface area contributed by atoms with E-state index < -0.39 is 0 Å². The van der Waals surface area contributed by atoms with Crippen LogP contribution in [0.15, 0.2) is 29.3 Å². The molecule has 0 saturated carbocycles. The number of aliphatic imine (C=N–C) groups is 1. The summed E-state index contributed by atoms with van der Waals surface area (Å²) in [5, 5.41) is 6.37. The topological polar surface area (TPSA) is 64.1 Å². The molecule has 0 aliphatic rings. The predicted octanol–water partition coefficient (Wildman–Crippen LogP) is 1.28. The van der Waals surface area contributed by atoms with Crippen LogP contribution >= 0.6 is 0 Å². The zero-order valence-corrected chi connectivity index (χ0v) is 13.0. The fraction of sp³-hybridized carbons (Fsp3) is 0.533. The lowest BCUT2D eigenvalue weighted by Crippen LogP contribution is -2.39. The lowest BCUT2D eigenvalue weighted by molar-refractivity contribution is 0.203. The number of benzene rings is 1. The first-order chi connectivity index (χ1) is 10.3. The van der Waals surface area contributed by atoms with Crippen LogP contribution in [-0.2, 0) is 4.74 Å². The maximum atomic E-state index is 5.66. The molecule has 21 heavy (non-hydrogen) atoms. The molecular weight excluding hydrogens is 270 g/mol. The maximum Gasteiger partial charge on any atom is 0.191 e. The molecule has 0 radical (unpaired) electrons. The Kier molecular flexibility index (Phi) is 8.79. The van der Waals surface area contributed by atoms with E-state index in [-0.39, 0.29) is 0 Å². The van der Waals surface area contributed by atoms with Crippen molar-refractivity contribution in [3.63, 3.8) is 0 Å². The second-order valence-corrected chi connectivity index (χ2v) is 4.30. The highest BCUT2D eigenvalue weighted by Crippen LogP contribution is 2.18. The van der Waals surface area contributed by atoms with E-state index in [1.54, 1.807) is 21.3 Å². The van der Waals surface area contributed by atoms with Crippen molar-refractivity contribution in [1.82, 2.24) is 10.6 Å². The number of ether oxygens (including phenoxy) is 3. The summed E-state index contributed by atoms with van der Waals surface area (Å²) in [7, 11) is 5.06. The number of guanidine groups is 1. The van der Waals surface area contributed by atoms with Crippen LogP contribution in [0, 0.1) is 0 Å². The second-order valence-electron chi connectivity index (χ2n) is 4.30. The van der Waals surface area contributed by atoms with Crippen LogP contribution in [0.2, 0.25) is 0 Å². The van der Waals surface area contributed by atoms with Gasteiger partial charge in [0, 0.05) is 33.3 Å². The van der Waals surface area contributed by atoms with Gasteiger partial charge in [-0.2, -0.15) is 0 Å². The van der Waals surface area contributed by atoms with Gasteiger partial charge in [-0.3, -0.25) is 4.99 Å². The molecule has 0 amide bonds. The number of nitrogens with zero attached hydrogens (tertiary/aromatic N) is 1. The molecule has 0 aliphatic carbocycles. The minimum absolute atomic E-state index is 0.634. The third kappa shape index (κ3) is 7.41. The quantitative estimate of drug-likeness (QED) is 0.408. The normalized spacial score (nSPS) is 11.1. The molecule has 6 heteroatoms. The summed E-state index contributed by atoms with van der Waals surface area (Å²) in [6.07, 6.45) is 0.877. The molecule has 0 heterocycles. The maximum absolute atomic E-state index is 5.66. The van der Waals surface area contributed by atoms with Gasteiger partial charge in [-0.1, -0.05) is 6.07 Å². The van der Waals surface area contributed by atoms with Crippen molar-refractivity contribution in [3.8, 4) is 11.5 Å². The summed E-state index contributed by atoms with van der Waals surface area (Å²) in [4.78, 5) is 4.12. The molecule has 0 aliphatic heterocycles. The van der Waals surface area contributed by atoms with Crippen molar-refractivity contribution in [2.24, 2.45) is 4.99 Å². The minimum Gasteiger partial charge on any atom is -0.497 e. The first-order valence-electron chi connectivity index (χ1n) is 7.00. The largest absolute Gasteiger partial charge is 0.497 e. The van der Waals surface area contributed by atoms with E-state index in [4.69, 9.17) is 14.2 Å². The molecule has 1 rings (SSSR count). The Balaban J connectivity index is 2.15. The van der Waals surface area contributed by atoms with E-state index in [1.807, 2.05) is 24.3 Å². The van der Waals surface area contributed by atoms with Gasteiger partial charge < -0.3 is 24.8 Å². The van der Waals surface area contributed by atoms with E-state index in [0.717, 1.165) is 37.0 Å². The zero-order chi connectivity index (χ0) is 15.3. The van der Waals surface area contributed by atoms with Crippen LogP contribution in [0.3, 0.4) is 0 Å².